The van der Waals surface area contributed by atoms with Gasteiger partial charge in [-0.25, -0.2) is 4.79 Å². The summed E-state index contributed by atoms with van der Waals surface area (Å²) in [6.07, 6.45) is -1.02. The minimum absolute atomic E-state index is 0.110. The van der Waals surface area contributed by atoms with E-state index in [1.165, 1.54) is 19.2 Å². The molecule has 1 aliphatic rings. The Bertz CT molecular complexity index is 474. The van der Waals surface area contributed by atoms with E-state index in [2.05, 4.69) is 4.74 Å². The maximum Gasteiger partial charge on any atom is 0.416 e. The van der Waals surface area contributed by atoms with Crippen LogP contribution < -0.4 is 0 Å². The van der Waals surface area contributed by atoms with Gasteiger partial charge in [0.1, 0.15) is 0 Å². The van der Waals surface area contributed by atoms with E-state index < -0.39 is 17.7 Å². The lowest BCUT2D eigenvalue weighted by Crippen LogP contribution is -2.13. The molecule has 19 heavy (non-hydrogen) atoms. The van der Waals surface area contributed by atoms with Crippen molar-refractivity contribution in [2.75, 3.05) is 7.11 Å². The van der Waals surface area contributed by atoms with E-state index in [-0.39, 0.29) is 17.0 Å². The maximum absolute atomic E-state index is 13.0. The summed E-state index contributed by atoms with van der Waals surface area (Å²) in [5.41, 5.74) is -0.225. The first-order chi connectivity index (χ1) is 8.93. The smallest absolute Gasteiger partial charge is 0.416 e. The number of hydrogen-bond acceptors (Lipinski definition) is 2. The summed E-state index contributed by atoms with van der Waals surface area (Å²) in [5, 5.41) is 0. The first kappa shape index (κ1) is 13.9. The monoisotopic (exact) mass is 272 g/mol. The largest absolute Gasteiger partial charge is 0.465 e. The topological polar surface area (TPSA) is 26.3 Å². The molecule has 0 aliphatic heterocycles. The van der Waals surface area contributed by atoms with Crippen molar-refractivity contribution in [2.45, 2.75) is 37.8 Å². The van der Waals surface area contributed by atoms with Crippen molar-refractivity contribution < 1.29 is 22.7 Å². The zero-order chi connectivity index (χ0) is 14.0. The highest BCUT2D eigenvalue weighted by Crippen LogP contribution is 2.41. The summed E-state index contributed by atoms with van der Waals surface area (Å²) >= 11 is 0. The van der Waals surface area contributed by atoms with Gasteiger partial charge in [-0.2, -0.15) is 13.2 Å². The molecule has 0 spiro atoms. The molecular weight excluding hydrogens is 257 g/mol. The highest BCUT2D eigenvalue weighted by Gasteiger charge is 2.36. The van der Waals surface area contributed by atoms with E-state index in [0.29, 0.717) is 0 Å². The van der Waals surface area contributed by atoms with E-state index in [4.69, 9.17) is 0 Å². The minimum Gasteiger partial charge on any atom is -0.465 e. The summed E-state index contributed by atoms with van der Waals surface area (Å²) in [7, 11) is 1.22. The molecule has 0 N–H and O–H groups in total. The first-order valence-corrected chi connectivity index (χ1v) is 6.23. The highest BCUT2D eigenvalue weighted by molar-refractivity contribution is 5.89. The number of hydrogen-bond donors (Lipinski definition) is 0. The Hall–Kier alpha value is -1.52. The molecule has 2 nitrogen and oxygen atoms in total. The molecule has 0 atom stereocenters. The van der Waals surface area contributed by atoms with Gasteiger partial charge < -0.3 is 4.74 Å². The van der Waals surface area contributed by atoms with Gasteiger partial charge in [-0.3, -0.25) is 0 Å². The predicted molar refractivity (Wildman–Crippen MR) is 64.0 cm³/mol. The Labute approximate surface area is 109 Å². The molecule has 0 unspecified atom stereocenters. The van der Waals surface area contributed by atoms with Gasteiger partial charge in [0, 0.05) is 0 Å². The molecule has 1 aliphatic carbocycles. The number of alkyl halides is 3. The molecule has 0 aromatic heterocycles. The number of methoxy groups -OCH3 is 1. The second kappa shape index (κ2) is 5.23. The fraction of sp³-hybridized carbons (Fsp3) is 0.500. The molecule has 1 aromatic rings. The van der Waals surface area contributed by atoms with Crippen LogP contribution in [0.1, 0.15) is 53.1 Å². The number of halogens is 3. The Kier molecular flexibility index (Phi) is 3.83. The molecule has 0 heterocycles. The van der Waals surface area contributed by atoms with Crippen molar-refractivity contribution in [1.29, 1.82) is 0 Å². The number of ether oxygens (including phenoxy) is 1. The van der Waals surface area contributed by atoms with Crippen LogP contribution in [0.3, 0.4) is 0 Å². The normalized spacial score (nSPS) is 16.6. The third-order valence-electron chi connectivity index (χ3n) is 3.57. The second-order valence-electron chi connectivity index (χ2n) is 4.77. The van der Waals surface area contributed by atoms with Crippen molar-refractivity contribution in [3.8, 4) is 0 Å². The SMILES string of the molecule is COC(=O)c1ccc(C(F)(F)F)c(C2CCCC2)c1. The number of esters is 1. The van der Waals surface area contributed by atoms with Crippen LogP contribution in [-0.2, 0) is 10.9 Å². The van der Waals surface area contributed by atoms with Crippen LogP contribution in [0, 0.1) is 0 Å². The second-order valence-corrected chi connectivity index (χ2v) is 4.77. The fourth-order valence-electron chi connectivity index (χ4n) is 2.64. The fourth-order valence-corrected chi connectivity index (χ4v) is 2.64. The molecule has 1 saturated carbocycles. The number of carbonyl (C=O) groups excluding carboxylic acids is 1. The van der Waals surface area contributed by atoms with E-state index in [1.54, 1.807) is 0 Å². The lowest BCUT2D eigenvalue weighted by Gasteiger charge is -2.18. The minimum atomic E-state index is -4.38. The van der Waals surface area contributed by atoms with E-state index in [9.17, 15) is 18.0 Å². The van der Waals surface area contributed by atoms with Gasteiger partial charge in [0.05, 0.1) is 18.2 Å². The van der Waals surface area contributed by atoms with Crippen LogP contribution in [0.2, 0.25) is 0 Å². The molecule has 2 rings (SSSR count). The van der Waals surface area contributed by atoms with Crippen LogP contribution in [0.25, 0.3) is 0 Å². The highest BCUT2D eigenvalue weighted by atomic mass is 19.4. The van der Waals surface area contributed by atoms with Gasteiger partial charge in [-0.05, 0) is 42.5 Å². The van der Waals surface area contributed by atoms with Crippen molar-refractivity contribution in [3.05, 3.63) is 34.9 Å². The van der Waals surface area contributed by atoms with Gasteiger partial charge in [-0.15, -0.1) is 0 Å². The third-order valence-corrected chi connectivity index (χ3v) is 3.57. The summed E-state index contributed by atoms with van der Waals surface area (Å²) in [4.78, 5) is 11.4. The number of rotatable bonds is 2. The van der Waals surface area contributed by atoms with Crippen molar-refractivity contribution in [1.82, 2.24) is 0 Å². The molecule has 0 saturated heterocycles. The average molecular weight is 272 g/mol. The Balaban J connectivity index is 2.47. The van der Waals surface area contributed by atoms with Crippen LogP contribution in [0.5, 0.6) is 0 Å². The Morgan fingerprint density at radius 1 is 1.26 bits per heavy atom. The summed E-state index contributed by atoms with van der Waals surface area (Å²) in [6, 6.07) is 3.50. The van der Waals surface area contributed by atoms with Crippen molar-refractivity contribution >= 4 is 5.97 Å². The summed E-state index contributed by atoms with van der Waals surface area (Å²) in [5.74, 6) is -0.714. The zero-order valence-electron chi connectivity index (χ0n) is 10.6. The summed E-state index contributed by atoms with van der Waals surface area (Å²) < 4.78 is 43.6. The zero-order valence-corrected chi connectivity index (χ0v) is 10.6. The van der Waals surface area contributed by atoms with Crippen molar-refractivity contribution in [3.63, 3.8) is 0 Å². The first-order valence-electron chi connectivity index (χ1n) is 6.23. The van der Waals surface area contributed by atoms with E-state index in [1.807, 2.05) is 0 Å². The van der Waals surface area contributed by atoms with Crippen LogP contribution in [-0.4, -0.2) is 13.1 Å². The lowest BCUT2D eigenvalue weighted by molar-refractivity contribution is -0.138. The maximum atomic E-state index is 13.0. The Morgan fingerprint density at radius 2 is 1.89 bits per heavy atom. The van der Waals surface area contributed by atoms with Gasteiger partial charge in [-0.1, -0.05) is 12.8 Å². The molecule has 104 valence electrons. The summed E-state index contributed by atoms with van der Waals surface area (Å²) in [6.45, 7) is 0. The predicted octanol–water partition coefficient (Wildman–Crippen LogP) is 4.15. The van der Waals surface area contributed by atoms with Gasteiger partial charge in [0.2, 0.25) is 0 Å². The van der Waals surface area contributed by atoms with Crippen LogP contribution >= 0.6 is 0 Å². The quantitative estimate of drug-likeness (QED) is 0.756. The van der Waals surface area contributed by atoms with Gasteiger partial charge in [0.15, 0.2) is 0 Å². The standard InChI is InChI=1S/C14H15F3O2/c1-19-13(18)10-6-7-12(14(15,16)17)11(8-10)9-4-2-3-5-9/h6-9H,2-5H2,1H3. The van der Waals surface area contributed by atoms with Gasteiger partial charge in [0.25, 0.3) is 0 Å². The third kappa shape index (κ3) is 2.91. The molecular formula is C14H15F3O2. The lowest BCUT2D eigenvalue weighted by atomic mass is 9.91. The molecule has 0 amide bonds. The van der Waals surface area contributed by atoms with Crippen LogP contribution in [0.4, 0.5) is 13.2 Å². The molecule has 1 aromatic carbocycles. The van der Waals surface area contributed by atoms with Crippen LogP contribution in [0.15, 0.2) is 18.2 Å². The van der Waals surface area contributed by atoms with E-state index >= 15 is 0 Å². The molecule has 0 bridgehead atoms. The number of benzene rings is 1. The van der Waals surface area contributed by atoms with Gasteiger partial charge >= 0.3 is 12.1 Å². The number of carbonyl (C=O) groups is 1. The molecule has 0 radical (unpaired) electrons. The molecule has 5 heteroatoms. The van der Waals surface area contributed by atoms with Crippen molar-refractivity contribution in [2.24, 2.45) is 0 Å². The Morgan fingerprint density at radius 3 is 2.42 bits per heavy atom. The van der Waals surface area contributed by atoms with E-state index in [0.717, 1.165) is 31.7 Å². The average Bonchev–Trinajstić information content (AvgIpc) is 2.89. The molecule has 1 fully saturated rings.